The van der Waals surface area contributed by atoms with Crippen LogP contribution in [0.4, 0.5) is 5.13 Å². The van der Waals surface area contributed by atoms with Crippen LogP contribution in [-0.2, 0) is 13.0 Å². The van der Waals surface area contributed by atoms with Crippen molar-refractivity contribution < 1.29 is 9.47 Å². The van der Waals surface area contributed by atoms with Crippen molar-refractivity contribution in [3.05, 3.63) is 28.3 Å². The van der Waals surface area contributed by atoms with E-state index in [0.717, 1.165) is 54.2 Å². The highest BCUT2D eigenvalue weighted by atomic mass is 32.1. The van der Waals surface area contributed by atoms with E-state index < -0.39 is 0 Å². The fourth-order valence-electron chi connectivity index (χ4n) is 4.05. The van der Waals surface area contributed by atoms with Gasteiger partial charge in [-0.1, -0.05) is 11.3 Å². The molecule has 0 saturated carbocycles. The van der Waals surface area contributed by atoms with Crippen LogP contribution < -0.4 is 14.4 Å². The van der Waals surface area contributed by atoms with E-state index >= 15 is 0 Å². The van der Waals surface area contributed by atoms with Crippen molar-refractivity contribution in [1.29, 1.82) is 0 Å². The van der Waals surface area contributed by atoms with Crippen molar-refractivity contribution in [2.75, 3.05) is 38.8 Å². The molecule has 7 heteroatoms. The van der Waals surface area contributed by atoms with Crippen LogP contribution in [0.5, 0.6) is 11.5 Å². The molecule has 2 aromatic rings. The fraction of sp³-hybridized carbons (Fsp3) is 0.579. The largest absolute Gasteiger partial charge is 0.493 e. The van der Waals surface area contributed by atoms with E-state index in [0.29, 0.717) is 6.04 Å². The van der Waals surface area contributed by atoms with E-state index in [-0.39, 0.29) is 0 Å². The van der Waals surface area contributed by atoms with E-state index in [1.54, 1.807) is 25.6 Å². The van der Waals surface area contributed by atoms with Gasteiger partial charge in [0.25, 0.3) is 0 Å². The SMILES string of the molecule is COc1cc2c(cc1OC)CN(C1CCN(c3nnc(C)s3)CC1)CC2. The van der Waals surface area contributed by atoms with Gasteiger partial charge in [0, 0.05) is 32.2 Å². The molecule has 0 radical (unpaired) electrons. The molecule has 1 saturated heterocycles. The van der Waals surface area contributed by atoms with Crippen LogP contribution in [0, 0.1) is 6.92 Å². The molecule has 0 atom stereocenters. The van der Waals surface area contributed by atoms with E-state index in [1.807, 2.05) is 6.92 Å². The molecule has 0 unspecified atom stereocenters. The van der Waals surface area contributed by atoms with Gasteiger partial charge < -0.3 is 14.4 Å². The lowest BCUT2D eigenvalue weighted by atomic mass is 9.95. The summed E-state index contributed by atoms with van der Waals surface area (Å²) in [7, 11) is 3.41. The summed E-state index contributed by atoms with van der Waals surface area (Å²) in [6.07, 6.45) is 3.44. The van der Waals surface area contributed by atoms with E-state index in [4.69, 9.17) is 9.47 Å². The Hall–Kier alpha value is -1.86. The number of aromatic nitrogens is 2. The van der Waals surface area contributed by atoms with Gasteiger partial charge >= 0.3 is 0 Å². The van der Waals surface area contributed by atoms with Crippen molar-refractivity contribution >= 4 is 16.5 Å². The summed E-state index contributed by atoms with van der Waals surface area (Å²) in [4.78, 5) is 5.02. The van der Waals surface area contributed by atoms with Crippen molar-refractivity contribution in [3.63, 3.8) is 0 Å². The van der Waals surface area contributed by atoms with Gasteiger partial charge in [-0.3, -0.25) is 4.90 Å². The minimum atomic E-state index is 0.640. The molecule has 1 fully saturated rings. The Kier molecular flexibility index (Phi) is 5.00. The summed E-state index contributed by atoms with van der Waals surface area (Å²) in [6, 6.07) is 4.94. The zero-order valence-corrected chi connectivity index (χ0v) is 16.5. The maximum atomic E-state index is 5.49. The Balaban J connectivity index is 1.41. The molecule has 140 valence electrons. The summed E-state index contributed by atoms with van der Waals surface area (Å²) in [5, 5.41) is 10.6. The van der Waals surface area contributed by atoms with Crippen LogP contribution in [0.15, 0.2) is 12.1 Å². The predicted octanol–water partition coefficient (Wildman–Crippen LogP) is 2.89. The molecule has 26 heavy (non-hydrogen) atoms. The lowest BCUT2D eigenvalue weighted by Crippen LogP contribution is -2.46. The van der Waals surface area contributed by atoms with Crippen molar-refractivity contribution in [2.45, 2.75) is 38.8 Å². The lowest BCUT2D eigenvalue weighted by Gasteiger charge is -2.40. The van der Waals surface area contributed by atoms with Crippen LogP contribution >= 0.6 is 11.3 Å². The van der Waals surface area contributed by atoms with Crippen LogP contribution in [0.3, 0.4) is 0 Å². The Morgan fingerprint density at radius 3 is 2.31 bits per heavy atom. The van der Waals surface area contributed by atoms with Crippen LogP contribution in [0.25, 0.3) is 0 Å². The highest BCUT2D eigenvalue weighted by molar-refractivity contribution is 7.15. The Morgan fingerprint density at radius 1 is 1.00 bits per heavy atom. The number of piperidine rings is 1. The maximum Gasteiger partial charge on any atom is 0.208 e. The van der Waals surface area contributed by atoms with Crippen LogP contribution in [0.1, 0.15) is 29.0 Å². The molecular weight excluding hydrogens is 348 g/mol. The first-order chi connectivity index (χ1) is 12.7. The first kappa shape index (κ1) is 17.5. The lowest BCUT2D eigenvalue weighted by molar-refractivity contribution is 0.153. The van der Waals surface area contributed by atoms with Gasteiger partial charge in [0.2, 0.25) is 5.13 Å². The fourth-order valence-corrected chi connectivity index (χ4v) is 4.79. The van der Waals surface area contributed by atoms with Gasteiger partial charge in [-0.25, -0.2) is 0 Å². The van der Waals surface area contributed by atoms with Crippen molar-refractivity contribution in [3.8, 4) is 11.5 Å². The molecule has 0 amide bonds. The van der Waals surface area contributed by atoms with Gasteiger partial charge in [0.15, 0.2) is 11.5 Å². The summed E-state index contributed by atoms with van der Waals surface area (Å²) in [5.74, 6) is 1.66. The van der Waals surface area contributed by atoms with Gasteiger partial charge in [-0.15, -0.1) is 10.2 Å². The number of nitrogens with zero attached hydrogens (tertiary/aromatic N) is 4. The van der Waals surface area contributed by atoms with Crippen LogP contribution in [0.2, 0.25) is 0 Å². The third-order valence-electron chi connectivity index (χ3n) is 5.51. The second kappa shape index (κ2) is 7.40. The van der Waals surface area contributed by atoms with E-state index in [1.165, 1.54) is 24.0 Å². The molecule has 4 rings (SSSR count). The monoisotopic (exact) mass is 374 g/mol. The maximum absolute atomic E-state index is 5.49. The Labute approximate surface area is 158 Å². The topological polar surface area (TPSA) is 50.7 Å². The first-order valence-corrected chi connectivity index (χ1v) is 10.0. The minimum Gasteiger partial charge on any atom is -0.493 e. The molecule has 0 aliphatic carbocycles. The third-order valence-corrected chi connectivity index (χ3v) is 6.41. The molecule has 0 N–H and O–H groups in total. The molecule has 2 aliphatic heterocycles. The average molecular weight is 375 g/mol. The second-order valence-corrected chi connectivity index (χ2v) is 8.18. The number of hydrogen-bond donors (Lipinski definition) is 0. The standard InChI is InChI=1S/C19H26N4O2S/c1-13-20-21-19(26-13)22-8-5-16(6-9-22)23-7-4-14-10-17(24-2)18(25-3)11-15(14)12-23/h10-11,16H,4-9,12H2,1-3H3. The van der Waals surface area contributed by atoms with Crippen molar-refractivity contribution in [1.82, 2.24) is 15.1 Å². The molecule has 1 aromatic carbocycles. The Bertz CT molecular complexity index is 771. The van der Waals surface area contributed by atoms with Crippen LogP contribution in [-0.4, -0.2) is 55.0 Å². The van der Waals surface area contributed by atoms with Gasteiger partial charge in [-0.2, -0.15) is 0 Å². The van der Waals surface area contributed by atoms with E-state index in [9.17, 15) is 0 Å². The molecular formula is C19H26N4O2S. The van der Waals surface area contributed by atoms with Gasteiger partial charge in [0.1, 0.15) is 5.01 Å². The number of fused-ring (bicyclic) bond motifs is 1. The first-order valence-electron chi connectivity index (χ1n) is 9.21. The average Bonchev–Trinajstić information content (AvgIpc) is 3.13. The highest BCUT2D eigenvalue weighted by Gasteiger charge is 2.29. The normalized spacial score (nSPS) is 18.7. The third kappa shape index (κ3) is 3.38. The predicted molar refractivity (Wildman–Crippen MR) is 104 cm³/mol. The molecule has 0 bridgehead atoms. The molecule has 1 aromatic heterocycles. The summed E-state index contributed by atoms with van der Waals surface area (Å²) in [6.45, 7) is 6.26. The van der Waals surface area contributed by atoms with Gasteiger partial charge in [0.05, 0.1) is 14.2 Å². The number of hydrogen-bond acceptors (Lipinski definition) is 7. The number of aryl methyl sites for hydroxylation is 1. The summed E-state index contributed by atoms with van der Waals surface area (Å²) in [5.41, 5.74) is 2.76. The smallest absolute Gasteiger partial charge is 0.208 e. The Morgan fingerprint density at radius 2 is 1.69 bits per heavy atom. The number of benzene rings is 1. The molecule has 0 spiro atoms. The van der Waals surface area contributed by atoms with Crippen molar-refractivity contribution in [2.24, 2.45) is 0 Å². The van der Waals surface area contributed by atoms with E-state index in [2.05, 4.69) is 32.1 Å². The summed E-state index contributed by atoms with van der Waals surface area (Å²) < 4.78 is 10.9. The molecule has 6 nitrogen and oxygen atoms in total. The summed E-state index contributed by atoms with van der Waals surface area (Å²) >= 11 is 1.69. The quantitative estimate of drug-likeness (QED) is 0.820. The number of ether oxygens (including phenoxy) is 2. The van der Waals surface area contributed by atoms with Gasteiger partial charge in [-0.05, 0) is 49.4 Å². The number of anilines is 1. The zero-order valence-electron chi connectivity index (χ0n) is 15.7. The minimum absolute atomic E-state index is 0.640. The zero-order chi connectivity index (χ0) is 18.1. The second-order valence-electron chi connectivity index (χ2n) is 7.02. The molecule has 2 aliphatic rings. The number of methoxy groups -OCH3 is 2. The molecule has 3 heterocycles. The highest BCUT2D eigenvalue weighted by Crippen LogP contribution is 2.35. The number of rotatable bonds is 4.